The quantitative estimate of drug-likeness (QED) is 0.292. The SMILES string of the molecule is COc1cc(-c2nnc(Nc3ccc(-c4cnn(C5CCCCO5)c4)cc3)o2)ccc1OCC(=O)NC(C)C. The van der Waals surface area contributed by atoms with Gasteiger partial charge in [0.1, 0.15) is 6.23 Å². The summed E-state index contributed by atoms with van der Waals surface area (Å²) in [6.45, 7) is 4.45. The van der Waals surface area contributed by atoms with E-state index in [0.717, 1.165) is 42.7 Å². The first-order valence-corrected chi connectivity index (χ1v) is 13.0. The minimum absolute atomic E-state index is 0.0140. The zero-order chi connectivity index (χ0) is 27.2. The fraction of sp³-hybridized carbons (Fsp3) is 0.357. The van der Waals surface area contributed by atoms with Gasteiger partial charge in [0.15, 0.2) is 18.1 Å². The number of nitrogens with zero attached hydrogens (tertiary/aromatic N) is 4. The molecule has 0 saturated carbocycles. The van der Waals surface area contributed by atoms with Crippen LogP contribution in [0.1, 0.15) is 39.3 Å². The molecule has 0 radical (unpaired) electrons. The van der Waals surface area contributed by atoms with Gasteiger partial charge in [0, 0.05) is 35.7 Å². The predicted octanol–water partition coefficient (Wildman–Crippen LogP) is 4.95. The van der Waals surface area contributed by atoms with Crippen LogP contribution >= 0.6 is 0 Å². The van der Waals surface area contributed by atoms with Crippen LogP contribution in [0.25, 0.3) is 22.6 Å². The van der Waals surface area contributed by atoms with Crippen molar-refractivity contribution in [2.45, 2.75) is 45.4 Å². The van der Waals surface area contributed by atoms with Crippen molar-refractivity contribution in [2.75, 3.05) is 25.6 Å². The molecule has 1 unspecified atom stereocenters. The molecule has 1 fully saturated rings. The Morgan fingerprint density at radius 3 is 2.64 bits per heavy atom. The highest BCUT2D eigenvalue weighted by atomic mass is 16.5. The maximum Gasteiger partial charge on any atom is 0.320 e. The lowest BCUT2D eigenvalue weighted by atomic mass is 10.1. The van der Waals surface area contributed by atoms with Crippen LogP contribution in [0, 0.1) is 0 Å². The second-order valence-electron chi connectivity index (χ2n) is 9.52. The standard InChI is InChI=1S/C28H32N6O5/c1-18(2)30-25(35)17-38-23-12-9-20(14-24(23)36-3)27-32-33-28(39-27)31-22-10-7-19(8-11-22)21-15-29-34(16-21)26-6-4-5-13-37-26/h7-12,14-16,18,26H,4-6,13,17H2,1-3H3,(H,30,35)(H,31,33). The van der Waals surface area contributed by atoms with Crippen molar-refractivity contribution in [3.8, 4) is 34.1 Å². The van der Waals surface area contributed by atoms with Crippen molar-refractivity contribution in [3.05, 3.63) is 54.9 Å². The molecule has 1 aliphatic heterocycles. The smallest absolute Gasteiger partial charge is 0.320 e. The molecular formula is C28H32N6O5. The number of amides is 1. The van der Waals surface area contributed by atoms with E-state index >= 15 is 0 Å². The maximum absolute atomic E-state index is 11.9. The molecule has 39 heavy (non-hydrogen) atoms. The zero-order valence-electron chi connectivity index (χ0n) is 22.2. The van der Waals surface area contributed by atoms with E-state index in [9.17, 15) is 4.79 Å². The Morgan fingerprint density at radius 1 is 1.08 bits per heavy atom. The van der Waals surface area contributed by atoms with Crippen molar-refractivity contribution in [1.29, 1.82) is 0 Å². The number of anilines is 2. The average Bonchev–Trinajstić information content (AvgIpc) is 3.63. The summed E-state index contributed by atoms with van der Waals surface area (Å²) in [5, 5.41) is 18.7. The first-order chi connectivity index (χ1) is 19.0. The van der Waals surface area contributed by atoms with Crippen molar-refractivity contribution in [3.63, 3.8) is 0 Å². The van der Waals surface area contributed by atoms with Crippen LogP contribution in [-0.2, 0) is 9.53 Å². The topological polar surface area (TPSA) is 126 Å². The van der Waals surface area contributed by atoms with Gasteiger partial charge < -0.3 is 29.3 Å². The van der Waals surface area contributed by atoms with E-state index in [0.29, 0.717) is 23.0 Å². The minimum Gasteiger partial charge on any atom is -0.493 e. The van der Waals surface area contributed by atoms with E-state index in [1.165, 1.54) is 7.11 Å². The number of nitrogens with one attached hydrogen (secondary N) is 2. The Kier molecular flexibility index (Phi) is 8.07. The molecule has 204 valence electrons. The lowest BCUT2D eigenvalue weighted by Gasteiger charge is -2.22. The number of methoxy groups -OCH3 is 1. The Balaban J connectivity index is 1.21. The third kappa shape index (κ3) is 6.55. The van der Waals surface area contributed by atoms with E-state index in [1.807, 2.05) is 55.2 Å². The number of carbonyl (C=O) groups is 1. The molecule has 2 N–H and O–H groups in total. The Labute approximate surface area is 226 Å². The van der Waals surface area contributed by atoms with E-state index < -0.39 is 0 Å². The summed E-state index contributed by atoms with van der Waals surface area (Å²) in [6.07, 6.45) is 7.14. The normalized spacial score (nSPS) is 15.2. The number of hydrogen-bond donors (Lipinski definition) is 2. The summed E-state index contributed by atoms with van der Waals surface area (Å²) in [6, 6.07) is 13.4. The highest BCUT2D eigenvalue weighted by Crippen LogP contribution is 2.33. The van der Waals surface area contributed by atoms with Crippen LogP contribution in [0.2, 0.25) is 0 Å². The summed E-state index contributed by atoms with van der Waals surface area (Å²) in [4.78, 5) is 11.9. The fourth-order valence-corrected chi connectivity index (χ4v) is 4.26. The van der Waals surface area contributed by atoms with E-state index in [-0.39, 0.29) is 30.8 Å². The van der Waals surface area contributed by atoms with Crippen LogP contribution in [0.5, 0.6) is 11.5 Å². The number of benzene rings is 2. The highest BCUT2D eigenvalue weighted by molar-refractivity contribution is 5.78. The van der Waals surface area contributed by atoms with Crippen LogP contribution < -0.4 is 20.1 Å². The molecule has 1 aliphatic rings. The van der Waals surface area contributed by atoms with E-state index in [1.54, 1.807) is 18.2 Å². The lowest BCUT2D eigenvalue weighted by Crippen LogP contribution is -2.34. The van der Waals surface area contributed by atoms with Gasteiger partial charge in [-0.3, -0.25) is 4.79 Å². The van der Waals surface area contributed by atoms with E-state index in [4.69, 9.17) is 18.6 Å². The number of carbonyl (C=O) groups excluding carboxylic acids is 1. The first kappa shape index (κ1) is 26.2. The van der Waals surface area contributed by atoms with Gasteiger partial charge in [-0.1, -0.05) is 17.2 Å². The molecule has 2 aromatic carbocycles. The van der Waals surface area contributed by atoms with E-state index in [2.05, 4.69) is 25.9 Å². The second kappa shape index (κ2) is 12.0. The van der Waals surface area contributed by atoms with Crippen molar-refractivity contribution >= 4 is 17.6 Å². The molecule has 2 aromatic heterocycles. The molecule has 0 aliphatic carbocycles. The molecule has 0 bridgehead atoms. The van der Waals surface area contributed by atoms with Crippen LogP contribution in [0.15, 0.2) is 59.3 Å². The maximum atomic E-state index is 11.9. The molecule has 5 rings (SSSR count). The minimum atomic E-state index is -0.208. The van der Waals surface area contributed by atoms with Gasteiger partial charge in [-0.2, -0.15) is 5.10 Å². The summed E-state index contributed by atoms with van der Waals surface area (Å²) in [7, 11) is 1.53. The zero-order valence-corrected chi connectivity index (χ0v) is 22.2. The summed E-state index contributed by atoms with van der Waals surface area (Å²) in [5.74, 6) is 0.996. The third-order valence-corrected chi connectivity index (χ3v) is 6.17. The van der Waals surface area contributed by atoms with Gasteiger partial charge >= 0.3 is 6.01 Å². The Morgan fingerprint density at radius 2 is 1.90 bits per heavy atom. The monoisotopic (exact) mass is 532 g/mol. The summed E-state index contributed by atoms with van der Waals surface area (Å²) < 4.78 is 24.6. The largest absolute Gasteiger partial charge is 0.493 e. The number of ether oxygens (including phenoxy) is 3. The predicted molar refractivity (Wildman–Crippen MR) is 145 cm³/mol. The molecule has 1 amide bonds. The van der Waals surface area contributed by atoms with Gasteiger partial charge in [0.2, 0.25) is 5.89 Å². The van der Waals surface area contributed by atoms with Crippen molar-refractivity contribution in [1.82, 2.24) is 25.3 Å². The van der Waals surface area contributed by atoms with Crippen molar-refractivity contribution < 1.29 is 23.4 Å². The fourth-order valence-electron chi connectivity index (χ4n) is 4.26. The molecule has 4 aromatic rings. The van der Waals surface area contributed by atoms with Crippen LogP contribution in [0.3, 0.4) is 0 Å². The molecule has 11 nitrogen and oxygen atoms in total. The molecule has 3 heterocycles. The third-order valence-electron chi connectivity index (χ3n) is 6.17. The average molecular weight is 533 g/mol. The van der Waals surface area contributed by atoms with Crippen LogP contribution in [0.4, 0.5) is 11.7 Å². The molecule has 1 saturated heterocycles. The molecular weight excluding hydrogens is 500 g/mol. The van der Waals surface area contributed by atoms with Gasteiger partial charge in [-0.15, -0.1) is 5.10 Å². The van der Waals surface area contributed by atoms with Gasteiger partial charge in [-0.05, 0) is 69.0 Å². The molecule has 11 heteroatoms. The van der Waals surface area contributed by atoms with Crippen molar-refractivity contribution in [2.24, 2.45) is 0 Å². The van der Waals surface area contributed by atoms with Crippen LogP contribution in [-0.4, -0.2) is 52.3 Å². The summed E-state index contributed by atoms with van der Waals surface area (Å²) >= 11 is 0. The first-order valence-electron chi connectivity index (χ1n) is 13.0. The number of aromatic nitrogens is 4. The van der Waals surface area contributed by atoms with Gasteiger partial charge in [-0.25, -0.2) is 4.68 Å². The highest BCUT2D eigenvalue weighted by Gasteiger charge is 2.17. The Hall–Kier alpha value is -4.38. The lowest BCUT2D eigenvalue weighted by molar-refractivity contribution is -0.123. The summed E-state index contributed by atoms with van der Waals surface area (Å²) in [5.41, 5.74) is 3.53. The molecule has 1 atom stereocenters. The number of rotatable bonds is 10. The second-order valence-corrected chi connectivity index (χ2v) is 9.52. The molecule has 0 spiro atoms. The van der Waals surface area contributed by atoms with Gasteiger partial charge in [0.05, 0.1) is 13.3 Å². The van der Waals surface area contributed by atoms with Gasteiger partial charge in [0.25, 0.3) is 5.91 Å². The number of hydrogen-bond acceptors (Lipinski definition) is 9. The Bertz CT molecular complexity index is 1390.